The number of hydrogen-bond acceptors (Lipinski definition) is 5. The lowest BCUT2D eigenvalue weighted by Crippen LogP contribution is -2.27. The molecule has 2 unspecified atom stereocenters. The van der Waals surface area contributed by atoms with Crippen LogP contribution in [0.5, 0.6) is 0 Å². The molecule has 1 N–H and O–H groups in total. The fourth-order valence-electron chi connectivity index (χ4n) is 3.50. The predicted molar refractivity (Wildman–Crippen MR) is 111 cm³/mol. The van der Waals surface area contributed by atoms with Crippen LogP contribution in [0.1, 0.15) is 42.5 Å². The molecule has 1 amide bonds. The number of anilines is 2. The van der Waals surface area contributed by atoms with Gasteiger partial charge in [-0.25, -0.2) is 0 Å². The average molecular weight is 386 g/mol. The van der Waals surface area contributed by atoms with Gasteiger partial charge in [0.2, 0.25) is 11.8 Å². The second kappa shape index (κ2) is 8.73. The van der Waals surface area contributed by atoms with E-state index in [2.05, 4.69) is 41.2 Å². The number of rotatable bonds is 7. The molecular weight excluding hydrogens is 354 g/mol. The van der Waals surface area contributed by atoms with Gasteiger partial charge in [-0.1, -0.05) is 19.9 Å². The molecule has 3 rings (SSSR count). The first-order valence-corrected chi connectivity index (χ1v) is 10.0. The SMILES string of the molecule is CCOCCn1c(C(=O)Nc2ccc(C)c(C)c2)nnc1N1CC(C)C(C)C1. The van der Waals surface area contributed by atoms with Crippen LogP contribution in [0.15, 0.2) is 18.2 Å². The Morgan fingerprint density at radius 3 is 2.54 bits per heavy atom. The first-order valence-electron chi connectivity index (χ1n) is 10.0. The van der Waals surface area contributed by atoms with Crippen LogP contribution in [-0.4, -0.2) is 47.0 Å². The molecule has 152 valence electrons. The molecule has 7 nitrogen and oxygen atoms in total. The van der Waals surface area contributed by atoms with Gasteiger partial charge >= 0.3 is 0 Å². The summed E-state index contributed by atoms with van der Waals surface area (Å²) in [5.74, 6) is 2.00. The Morgan fingerprint density at radius 1 is 1.18 bits per heavy atom. The van der Waals surface area contributed by atoms with Gasteiger partial charge in [0.15, 0.2) is 0 Å². The Kier molecular flexibility index (Phi) is 6.34. The van der Waals surface area contributed by atoms with Gasteiger partial charge in [-0.2, -0.15) is 0 Å². The van der Waals surface area contributed by atoms with Crippen LogP contribution in [0.2, 0.25) is 0 Å². The van der Waals surface area contributed by atoms with Crippen LogP contribution in [0, 0.1) is 25.7 Å². The van der Waals surface area contributed by atoms with E-state index in [1.165, 1.54) is 5.56 Å². The van der Waals surface area contributed by atoms with E-state index in [1.54, 1.807) is 0 Å². The Bertz CT molecular complexity index is 822. The lowest BCUT2D eigenvalue weighted by molar-refractivity contribution is 0.100. The fourth-order valence-corrected chi connectivity index (χ4v) is 3.50. The monoisotopic (exact) mass is 385 g/mol. The molecule has 28 heavy (non-hydrogen) atoms. The van der Waals surface area contributed by atoms with E-state index in [4.69, 9.17) is 4.74 Å². The van der Waals surface area contributed by atoms with E-state index in [0.29, 0.717) is 37.4 Å². The highest BCUT2D eigenvalue weighted by Gasteiger charge is 2.31. The molecule has 7 heteroatoms. The zero-order valence-corrected chi connectivity index (χ0v) is 17.5. The zero-order chi connectivity index (χ0) is 20.3. The van der Waals surface area contributed by atoms with Crippen molar-refractivity contribution in [3.63, 3.8) is 0 Å². The summed E-state index contributed by atoms with van der Waals surface area (Å²) in [5, 5.41) is 11.5. The topological polar surface area (TPSA) is 72.3 Å². The molecule has 2 heterocycles. The lowest BCUT2D eigenvalue weighted by atomic mass is 10.0. The van der Waals surface area contributed by atoms with E-state index in [1.807, 2.05) is 36.6 Å². The molecule has 0 aliphatic carbocycles. The quantitative estimate of drug-likeness (QED) is 0.741. The molecule has 2 aromatic rings. The van der Waals surface area contributed by atoms with Crippen molar-refractivity contribution >= 4 is 17.5 Å². The third-order valence-corrected chi connectivity index (χ3v) is 5.63. The molecule has 2 atom stereocenters. The number of benzene rings is 1. The van der Waals surface area contributed by atoms with Gasteiger partial charge in [-0.3, -0.25) is 9.36 Å². The summed E-state index contributed by atoms with van der Waals surface area (Å²) in [6, 6.07) is 5.88. The van der Waals surface area contributed by atoms with Gasteiger partial charge < -0.3 is 15.0 Å². The highest BCUT2D eigenvalue weighted by atomic mass is 16.5. The van der Waals surface area contributed by atoms with Crippen molar-refractivity contribution in [1.82, 2.24) is 14.8 Å². The van der Waals surface area contributed by atoms with Gasteiger partial charge in [0.05, 0.1) is 13.2 Å². The minimum atomic E-state index is -0.251. The lowest BCUT2D eigenvalue weighted by Gasteiger charge is -2.19. The number of aryl methyl sites for hydroxylation is 2. The number of ether oxygens (including phenoxy) is 1. The first-order chi connectivity index (χ1) is 13.4. The summed E-state index contributed by atoms with van der Waals surface area (Å²) in [7, 11) is 0. The average Bonchev–Trinajstić information content (AvgIpc) is 3.22. The summed E-state index contributed by atoms with van der Waals surface area (Å²) in [5.41, 5.74) is 3.09. The molecule has 1 aromatic heterocycles. The summed E-state index contributed by atoms with van der Waals surface area (Å²) in [4.78, 5) is 15.2. The van der Waals surface area contributed by atoms with Crippen LogP contribution in [0.4, 0.5) is 11.6 Å². The summed E-state index contributed by atoms with van der Waals surface area (Å²) in [6.45, 7) is 14.1. The highest BCUT2D eigenvalue weighted by molar-refractivity contribution is 6.02. The molecule has 1 aliphatic rings. The standard InChI is InChI=1S/C21H31N5O2/c1-6-28-10-9-26-19(20(27)22-18-8-7-14(2)15(3)11-18)23-24-21(26)25-12-16(4)17(5)13-25/h7-8,11,16-17H,6,9-10,12-13H2,1-5H3,(H,22,27). The van der Waals surface area contributed by atoms with Crippen LogP contribution in [0.3, 0.4) is 0 Å². The van der Waals surface area contributed by atoms with Crippen molar-refractivity contribution in [3.8, 4) is 0 Å². The van der Waals surface area contributed by atoms with Crippen LogP contribution in [-0.2, 0) is 11.3 Å². The maximum absolute atomic E-state index is 12.9. The smallest absolute Gasteiger partial charge is 0.293 e. The number of nitrogens with zero attached hydrogens (tertiary/aromatic N) is 4. The van der Waals surface area contributed by atoms with E-state index in [0.717, 1.165) is 30.3 Å². The fraction of sp³-hybridized carbons (Fsp3) is 0.571. The third kappa shape index (κ3) is 4.35. The minimum Gasteiger partial charge on any atom is -0.380 e. The van der Waals surface area contributed by atoms with Crippen molar-refractivity contribution < 1.29 is 9.53 Å². The molecule has 0 saturated carbocycles. The highest BCUT2D eigenvalue weighted by Crippen LogP contribution is 2.27. The predicted octanol–water partition coefficient (Wildman–Crippen LogP) is 3.28. The Morgan fingerprint density at radius 2 is 1.89 bits per heavy atom. The van der Waals surface area contributed by atoms with E-state index >= 15 is 0 Å². The number of amides is 1. The normalized spacial score (nSPS) is 19.2. The zero-order valence-electron chi connectivity index (χ0n) is 17.5. The largest absolute Gasteiger partial charge is 0.380 e. The second-order valence-corrected chi connectivity index (χ2v) is 7.78. The second-order valence-electron chi connectivity index (χ2n) is 7.78. The van der Waals surface area contributed by atoms with Crippen molar-refractivity contribution in [1.29, 1.82) is 0 Å². The molecule has 1 aromatic carbocycles. The molecule has 1 fully saturated rings. The molecule has 1 aliphatic heterocycles. The first kappa shape index (κ1) is 20.3. The summed E-state index contributed by atoms with van der Waals surface area (Å²) < 4.78 is 7.41. The van der Waals surface area contributed by atoms with Crippen molar-refractivity contribution in [3.05, 3.63) is 35.2 Å². The number of carbonyl (C=O) groups excluding carboxylic acids is 1. The number of nitrogens with one attached hydrogen (secondary N) is 1. The van der Waals surface area contributed by atoms with Gasteiger partial charge in [0.1, 0.15) is 0 Å². The Balaban J connectivity index is 1.84. The molecule has 0 bridgehead atoms. The van der Waals surface area contributed by atoms with E-state index in [9.17, 15) is 4.79 Å². The number of hydrogen-bond donors (Lipinski definition) is 1. The summed E-state index contributed by atoms with van der Waals surface area (Å²) in [6.07, 6.45) is 0. The van der Waals surface area contributed by atoms with Gasteiger partial charge in [0, 0.05) is 25.4 Å². The molecule has 1 saturated heterocycles. The van der Waals surface area contributed by atoms with Crippen molar-refractivity contribution in [2.75, 3.05) is 36.5 Å². The third-order valence-electron chi connectivity index (χ3n) is 5.63. The number of carbonyl (C=O) groups is 1. The van der Waals surface area contributed by atoms with Crippen molar-refractivity contribution in [2.45, 2.75) is 41.2 Å². The Labute approximate surface area is 167 Å². The van der Waals surface area contributed by atoms with Crippen molar-refractivity contribution in [2.24, 2.45) is 11.8 Å². The van der Waals surface area contributed by atoms with Crippen LogP contribution < -0.4 is 10.2 Å². The van der Waals surface area contributed by atoms with Gasteiger partial charge in [0.25, 0.3) is 5.91 Å². The van der Waals surface area contributed by atoms with Gasteiger partial charge in [-0.15, -0.1) is 10.2 Å². The van der Waals surface area contributed by atoms with Crippen LogP contribution >= 0.6 is 0 Å². The maximum Gasteiger partial charge on any atom is 0.293 e. The van der Waals surface area contributed by atoms with Crippen LogP contribution in [0.25, 0.3) is 0 Å². The minimum absolute atomic E-state index is 0.251. The molecule has 0 spiro atoms. The Hall–Kier alpha value is -2.41. The maximum atomic E-state index is 12.9. The van der Waals surface area contributed by atoms with E-state index < -0.39 is 0 Å². The molecular formula is C21H31N5O2. The summed E-state index contributed by atoms with van der Waals surface area (Å²) >= 11 is 0. The number of aromatic nitrogens is 3. The van der Waals surface area contributed by atoms with Gasteiger partial charge in [-0.05, 0) is 55.9 Å². The molecule has 0 radical (unpaired) electrons. The van der Waals surface area contributed by atoms with E-state index in [-0.39, 0.29) is 5.91 Å².